The summed E-state index contributed by atoms with van der Waals surface area (Å²) in [5.41, 5.74) is 5.29. The molecule has 1 amide bonds. The standard InChI is InChI=1S/C12H22F3N7O/c1-3-20(4-2)7-8-21(6-5-12(13,14)15)10(23)9-22-18-11(16)17-19-22/h3-9H2,1-2H3,(H2,16,18). The first kappa shape index (κ1) is 19.1. The van der Waals surface area contributed by atoms with E-state index in [0.717, 1.165) is 17.9 Å². The van der Waals surface area contributed by atoms with Gasteiger partial charge in [-0.2, -0.15) is 18.0 Å². The summed E-state index contributed by atoms with van der Waals surface area (Å²) in [4.78, 5) is 16.4. The molecule has 11 heteroatoms. The molecule has 0 aliphatic carbocycles. The first-order chi connectivity index (χ1) is 10.7. The van der Waals surface area contributed by atoms with Gasteiger partial charge in [-0.15, -0.1) is 5.10 Å². The van der Waals surface area contributed by atoms with Crippen molar-refractivity contribution in [3.8, 4) is 0 Å². The van der Waals surface area contributed by atoms with Crippen LogP contribution in [0.1, 0.15) is 20.3 Å². The van der Waals surface area contributed by atoms with E-state index in [1.54, 1.807) is 0 Å². The Morgan fingerprint density at radius 1 is 1.22 bits per heavy atom. The van der Waals surface area contributed by atoms with E-state index in [0.29, 0.717) is 6.54 Å². The normalized spacial score (nSPS) is 11.9. The van der Waals surface area contributed by atoms with Crippen molar-refractivity contribution in [3.63, 3.8) is 0 Å². The molecular formula is C12H22F3N7O. The van der Waals surface area contributed by atoms with Gasteiger partial charge in [-0.1, -0.05) is 18.9 Å². The molecular weight excluding hydrogens is 315 g/mol. The molecule has 0 spiro atoms. The zero-order chi connectivity index (χ0) is 17.5. The van der Waals surface area contributed by atoms with Crippen molar-refractivity contribution in [1.29, 1.82) is 0 Å². The van der Waals surface area contributed by atoms with Crippen molar-refractivity contribution >= 4 is 11.9 Å². The molecule has 1 heterocycles. The van der Waals surface area contributed by atoms with Gasteiger partial charge in [-0.3, -0.25) is 4.79 Å². The highest BCUT2D eigenvalue weighted by Crippen LogP contribution is 2.19. The van der Waals surface area contributed by atoms with Crippen LogP contribution in [-0.2, 0) is 11.3 Å². The molecule has 2 N–H and O–H groups in total. The highest BCUT2D eigenvalue weighted by molar-refractivity contribution is 5.75. The number of carbonyl (C=O) groups excluding carboxylic acids is 1. The summed E-state index contributed by atoms with van der Waals surface area (Å²) in [6.45, 7) is 5.46. The van der Waals surface area contributed by atoms with Crippen LogP contribution >= 0.6 is 0 Å². The lowest BCUT2D eigenvalue weighted by atomic mass is 10.3. The van der Waals surface area contributed by atoms with E-state index in [1.807, 2.05) is 18.7 Å². The Balaban J connectivity index is 2.66. The molecule has 0 fully saturated rings. The molecule has 0 radical (unpaired) electrons. The van der Waals surface area contributed by atoms with Crippen LogP contribution in [0.3, 0.4) is 0 Å². The minimum absolute atomic E-state index is 0.0946. The third-order valence-electron chi connectivity index (χ3n) is 3.34. The van der Waals surface area contributed by atoms with E-state index in [1.165, 1.54) is 4.90 Å². The number of anilines is 1. The Labute approximate surface area is 132 Å². The fourth-order valence-electron chi connectivity index (χ4n) is 1.97. The number of hydrogen-bond donors (Lipinski definition) is 1. The van der Waals surface area contributed by atoms with Gasteiger partial charge in [0.2, 0.25) is 5.91 Å². The predicted octanol–water partition coefficient (Wildman–Crippen LogP) is 0.378. The van der Waals surface area contributed by atoms with Gasteiger partial charge in [0.15, 0.2) is 0 Å². The highest BCUT2D eigenvalue weighted by atomic mass is 19.4. The number of nitrogen functional groups attached to an aromatic ring is 1. The molecule has 1 aromatic rings. The smallest absolute Gasteiger partial charge is 0.365 e. The summed E-state index contributed by atoms with van der Waals surface area (Å²) in [6, 6.07) is 0. The molecule has 8 nitrogen and oxygen atoms in total. The molecule has 1 aromatic heterocycles. The number of halogens is 3. The SMILES string of the molecule is CCN(CC)CCN(CCC(F)(F)F)C(=O)Cn1nnc(N)n1. The van der Waals surface area contributed by atoms with Gasteiger partial charge in [-0.05, 0) is 18.3 Å². The first-order valence-corrected chi connectivity index (χ1v) is 7.35. The first-order valence-electron chi connectivity index (χ1n) is 7.35. The molecule has 0 aliphatic heterocycles. The number of nitrogens with zero attached hydrogens (tertiary/aromatic N) is 6. The third kappa shape index (κ3) is 7.26. The molecule has 132 valence electrons. The fourth-order valence-corrected chi connectivity index (χ4v) is 1.97. The van der Waals surface area contributed by atoms with E-state index < -0.39 is 25.0 Å². The van der Waals surface area contributed by atoms with Crippen LogP contribution in [0.4, 0.5) is 19.1 Å². The Kier molecular flexibility index (Phi) is 7.20. The average Bonchev–Trinajstić information content (AvgIpc) is 2.87. The van der Waals surface area contributed by atoms with Crippen molar-refractivity contribution in [2.75, 3.05) is 38.5 Å². The van der Waals surface area contributed by atoms with Crippen LogP contribution in [-0.4, -0.2) is 74.8 Å². The second-order valence-corrected chi connectivity index (χ2v) is 4.95. The van der Waals surface area contributed by atoms with Crippen molar-refractivity contribution in [3.05, 3.63) is 0 Å². The lowest BCUT2D eigenvalue weighted by molar-refractivity contribution is -0.146. The number of aromatic nitrogens is 4. The van der Waals surface area contributed by atoms with Crippen LogP contribution in [0.2, 0.25) is 0 Å². The Bertz CT molecular complexity index is 487. The summed E-state index contributed by atoms with van der Waals surface area (Å²) in [7, 11) is 0. The summed E-state index contributed by atoms with van der Waals surface area (Å²) < 4.78 is 37.3. The maximum absolute atomic E-state index is 12.4. The van der Waals surface area contributed by atoms with Gasteiger partial charge in [0.05, 0.1) is 6.42 Å². The minimum Gasteiger partial charge on any atom is -0.365 e. The summed E-state index contributed by atoms with van der Waals surface area (Å²) in [6.07, 6.45) is -5.37. The number of carbonyl (C=O) groups is 1. The van der Waals surface area contributed by atoms with Gasteiger partial charge in [0.25, 0.3) is 5.95 Å². The minimum atomic E-state index is -4.32. The van der Waals surface area contributed by atoms with Crippen molar-refractivity contribution in [2.45, 2.75) is 33.0 Å². The van der Waals surface area contributed by atoms with E-state index >= 15 is 0 Å². The molecule has 0 saturated carbocycles. The van der Waals surface area contributed by atoms with Crippen LogP contribution in [0.15, 0.2) is 0 Å². The molecule has 1 rings (SSSR count). The maximum atomic E-state index is 12.4. The number of rotatable bonds is 9. The summed E-state index contributed by atoms with van der Waals surface area (Å²) in [5.74, 6) is -0.596. The van der Waals surface area contributed by atoms with Crippen LogP contribution < -0.4 is 5.73 Å². The molecule has 0 bridgehead atoms. The van der Waals surface area contributed by atoms with Gasteiger partial charge >= 0.3 is 6.18 Å². The van der Waals surface area contributed by atoms with E-state index in [9.17, 15) is 18.0 Å². The lowest BCUT2D eigenvalue weighted by Crippen LogP contribution is -2.42. The highest BCUT2D eigenvalue weighted by Gasteiger charge is 2.29. The van der Waals surface area contributed by atoms with Gasteiger partial charge < -0.3 is 15.5 Å². The van der Waals surface area contributed by atoms with Crippen molar-refractivity contribution in [1.82, 2.24) is 30.0 Å². The van der Waals surface area contributed by atoms with Gasteiger partial charge in [-0.25, -0.2) is 0 Å². The number of nitrogens with two attached hydrogens (primary N) is 1. The molecule has 0 aromatic carbocycles. The quantitative estimate of drug-likeness (QED) is 0.700. The van der Waals surface area contributed by atoms with E-state index in [2.05, 4.69) is 15.4 Å². The van der Waals surface area contributed by atoms with Crippen LogP contribution in [0.5, 0.6) is 0 Å². The third-order valence-corrected chi connectivity index (χ3v) is 3.34. The Morgan fingerprint density at radius 3 is 2.35 bits per heavy atom. The van der Waals surface area contributed by atoms with Gasteiger partial charge in [0.1, 0.15) is 6.54 Å². The largest absolute Gasteiger partial charge is 0.390 e. The number of alkyl halides is 3. The second-order valence-electron chi connectivity index (χ2n) is 4.95. The fraction of sp³-hybridized carbons (Fsp3) is 0.833. The molecule has 0 saturated heterocycles. The number of hydrogen-bond acceptors (Lipinski definition) is 6. The van der Waals surface area contributed by atoms with Gasteiger partial charge in [0, 0.05) is 19.6 Å². The van der Waals surface area contributed by atoms with Crippen molar-refractivity contribution < 1.29 is 18.0 Å². The van der Waals surface area contributed by atoms with E-state index in [4.69, 9.17) is 5.73 Å². The summed E-state index contributed by atoms with van der Waals surface area (Å²) >= 11 is 0. The van der Waals surface area contributed by atoms with E-state index in [-0.39, 0.29) is 19.0 Å². The Morgan fingerprint density at radius 2 is 1.87 bits per heavy atom. The van der Waals surface area contributed by atoms with Crippen molar-refractivity contribution in [2.24, 2.45) is 0 Å². The monoisotopic (exact) mass is 337 g/mol. The molecule has 23 heavy (non-hydrogen) atoms. The average molecular weight is 337 g/mol. The lowest BCUT2D eigenvalue weighted by Gasteiger charge is -2.26. The molecule has 0 aliphatic rings. The maximum Gasteiger partial charge on any atom is 0.390 e. The number of likely N-dealkylation sites (N-methyl/N-ethyl adjacent to an activating group) is 1. The molecule has 0 atom stereocenters. The zero-order valence-corrected chi connectivity index (χ0v) is 13.3. The molecule has 0 unspecified atom stereocenters. The summed E-state index contributed by atoms with van der Waals surface area (Å²) in [5, 5.41) is 10.6. The topological polar surface area (TPSA) is 93.2 Å². The number of tetrazole rings is 1. The van der Waals surface area contributed by atoms with Crippen LogP contribution in [0.25, 0.3) is 0 Å². The van der Waals surface area contributed by atoms with Crippen LogP contribution in [0, 0.1) is 0 Å². The predicted molar refractivity (Wildman–Crippen MR) is 77.3 cm³/mol. The Hall–Kier alpha value is -1.91. The second kappa shape index (κ2) is 8.65. The zero-order valence-electron chi connectivity index (χ0n) is 13.3. The number of amides is 1.